The summed E-state index contributed by atoms with van der Waals surface area (Å²) >= 11 is 1.58. The van der Waals surface area contributed by atoms with Crippen LogP contribution in [-0.4, -0.2) is 16.6 Å². The van der Waals surface area contributed by atoms with Crippen LogP contribution < -0.4 is 5.32 Å². The zero-order chi connectivity index (χ0) is 16.5. The van der Waals surface area contributed by atoms with Gasteiger partial charge in [-0.15, -0.1) is 11.3 Å². The van der Waals surface area contributed by atoms with Gasteiger partial charge < -0.3 is 10.4 Å². The molecule has 0 aliphatic carbocycles. The minimum atomic E-state index is -0.250. The van der Waals surface area contributed by atoms with Crippen LogP contribution in [0.25, 0.3) is 0 Å². The van der Waals surface area contributed by atoms with E-state index in [0.717, 1.165) is 21.3 Å². The molecule has 23 heavy (non-hydrogen) atoms. The molecule has 0 amide bonds. The van der Waals surface area contributed by atoms with Crippen molar-refractivity contribution in [3.63, 3.8) is 0 Å². The average Bonchev–Trinajstić information content (AvgIpc) is 2.96. The number of carboxylic acid groups (broad SMARTS) is 1. The van der Waals surface area contributed by atoms with Crippen molar-refractivity contribution in [3.8, 4) is 0 Å². The molecule has 0 radical (unpaired) electrons. The molecule has 0 spiro atoms. The van der Waals surface area contributed by atoms with Crippen molar-refractivity contribution in [2.75, 3.05) is 5.32 Å². The van der Waals surface area contributed by atoms with Crippen molar-refractivity contribution >= 4 is 28.6 Å². The van der Waals surface area contributed by atoms with E-state index in [1.165, 1.54) is 6.07 Å². The van der Waals surface area contributed by atoms with Gasteiger partial charge in [-0.25, -0.2) is 9.37 Å². The van der Waals surface area contributed by atoms with Crippen molar-refractivity contribution in [3.05, 3.63) is 77.1 Å². The Morgan fingerprint density at radius 1 is 1.17 bits per heavy atom. The summed E-state index contributed by atoms with van der Waals surface area (Å²) in [4.78, 5) is 13.8. The highest BCUT2D eigenvalue weighted by atomic mass is 32.1. The number of aromatic nitrogens is 1. The Morgan fingerprint density at radius 3 is 2.61 bits per heavy atom. The Bertz CT molecular complexity index is 747. The number of rotatable bonds is 4. The largest absolute Gasteiger partial charge is 0.483 e. The SMILES string of the molecule is Fc1cccc(Cc2cnc(Nc3ccccc3)s2)c1.O=CO. The Kier molecular flexibility index (Phi) is 6.26. The molecule has 0 saturated heterocycles. The molecule has 3 aromatic rings. The second-order valence-electron chi connectivity index (χ2n) is 4.53. The molecule has 0 aliphatic heterocycles. The molecule has 0 aliphatic rings. The highest BCUT2D eigenvalue weighted by Gasteiger charge is 2.04. The van der Waals surface area contributed by atoms with E-state index in [-0.39, 0.29) is 12.3 Å². The van der Waals surface area contributed by atoms with Gasteiger partial charge in [0, 0.05) is 23.2 Å². The molecule has 1 aromatic heterocycles. The predicted molar refractivity (Wildman–Crippen MR) is 89.7 cm³/mol. The van der Waals surface area contributed by atoms with E-state index in [0.29, 0.717) is 6.42 Å². The Labute approximate surface area is 137 Å². The molecule has 4 nitrogen and oxygen atoms in total. The summed E-state index contributed by atoms with van der Waals surface area (Å²) in [6, 6.07) is 16.6. The summed E-state index contributed by atoms with van der Waals surface area (Å²) in [5, 5.41) is 11.0. The van der Waals surface area contributed by atoms with Crippen molar-refractivity contribution in [1.29, 1.82) is 0 Å². The normalized spacial score (nSPS) is 9.61. The molecule has 0 fully saturated rings. The summed E-state index contributed by atoms with van der Waals surface area (Å²) < 4.78 is 13.1. The first-order chi connectivity index (χ1) is 11.2. The van der Waals surface area contributed by atoms with Gasteiger partial charge in [0.2, 0.25) is 0 Å². The quantitative estimate of drug-likeness (QED) is 0.700. The third-order valence-electron chi connectivity index (χ3n) is 2.85. The van der Waals surface area contributed by atoms with E-state index in [4.69, 9.17) is 9.90 Å². The molecular weight excluding hydrogens is 315 g/mol. The molecular formula is C17H15FN2O2S. The second kappa shape index (κ2) is 8.65. The number of halogens is 1. The van der Waals surface area contributed by atoms with Gasteiger partial charge in [-0.1, -0.05) is 30.3 Å². The number of thiazole rings is 1. The molecule has 2 N–H and O–H groups in total. The number of nitrogens with one attached hydrogen (secondary N) is 1. The lowest BCUT2D eigenvalue weighted by Crippen LogP contribution is -1.87. The van der Waals surface area contributed by atoms with E-state index >= 15 is 0 Å². The topological polar surface area (TPSA) is 62.2 Å². The third-order valence-corrected chi connectivity index (χ3v) is 3.76. The number of benzene rings is 2. The van der Waals surface area contributed by atoms with E-state index < -0.39 is 0 Å². The minimum Gasteiger partial charge on any atom is -0.483 e. The molecule has 6 heteroatoms. The van der Waals surface area contributed by atoms with E-state index in [2.05, 4.69) is 10.3 Å². The summed E-state index contributed by atoms with van der Waals surface area (Å²) in [6.45, 7) is -0.250. The van der Waals surface area contributed by atoms with Crippen LogP contribution in [0, 0.1) is 5.82 Å². The average molecular weight is 330 g/mol. The van der Waals surface area contributed by atoms with Crippen LogP contribution in [0.2, 0.25) is 0 Å². The standard InChI is InChI=1S/C16H13FN2S.CH2O2/c17-13-6-4-5-12(9-13)10-15-11-18-16(20-15)19-14-7-2-1-3-8-14;2-1-3/h1-9,11H,10H2,(H,18,19);1H,(H,2,3). The highest BCUT2D eigenvalue weighted by molar-refractivity contribution is 7.15. The maximum Gasteiger partial charge on any atom is 0.290 e. The summed E-state index contributed by atoms with van der Waals surface area (Å²) in [5.41, 5.74) is 1.97. The molecule has 2 aromatic carbocycles. The van der Waals surface area contributed by atoms with Gasteiger partial charge in [-0.3, -0.25) is 4.79 Å². The first kappa shape index (κ1) is 16.6. The maximum absolute atomic E-state index is 13.1. The smallest absolute Gasteiger partial charge is 0.290 e. The fourth-order valence-corrected chi connectivity index (χ4v) is 2.81. The fourth-order valence-electron chi connectivity index (χ4n) is 1.94. The number of carbonyl (C=O) groups is 1. The van der Waals surface area contributed by atoms with Crippen LogP contribution >= 0.6 is 11.3 Å². The van der Waals surface area contributed by atoms with Crippen molar-refractivity contribution in [2.24, 2.45) is 0 Å². The molecule has 1 heterocycles. The van der Waals surface area contributed by atoms with Crippen LogP contribution in [0.4, 0.5) is 15.2 Å². The molecule has 0 saturated carbocycles. The Morgan fingerprint density at radius 2 is 1.91 bits per heavy atom. The summed E-state index contributed by atoms with van der Waals surface area (Å²) in [7, 11) is 0. The van der Waals surface area contributed by atoms with Crippen LogP contribution in [-0.2, 0) is 11.2 Å². The lowest BCUT2D eigenvalue weighted by Gasteiger charge is -2.00. The number of nitrogens with zero attached hydrogens (tertiary/aromatic N) is 1. The van der Waals surface area contributed by atoms with Crippen molar-refractivity contribution in [2.45, 2.75) is 6.42 Å². The van der Waals surface area contributed by atoms with Gasteiger partial charge >= 0.3 is 0 Å². The van der Waals surface area contributed by atoms with E-state index in [9.17, 15) is 4.39 Å². The van der Waals surface area contributed by atoms with Gasteiger partial charge in [0.1, 0.15) is 5.82 Å². The Balaban J connectivity index is 0.000000595. The summed E-state index contributed by atoms with van der Waals surface area (Å²) in [6.07, 6.45) is 2.53. The monoisotopic (exact) mass is 330 g/mol. The molecule has 3 rings (SSSR count). The van der Waals surface area contributed by atoms with Crippen molar-refractivity contribution in [1.82, 2.24) is 4.98 Å². The molecule has 0 unspecified atom stereocenters. The van der Waals surface area contributed by atoms with Gasteiger partial charge in [-0.05, 0) is 29.8 Å². The Hall–Kier alpha value is -2.73. The number of para-hydroxylation sites is 1. The lowest BCUT2D eigenvalue weighted by atomic mass is 10.1. The van der Waals surface area contributed by atoms with Gasteiger partial charge in [0.15, 0.2) is 5.13 Å². The second-order valence-corrected chi connectivity index (χ2v) is 5.65. The van der Waals surface area contributed by atoms with Crippen LogP contribution in [0.3, 0.4) is 0 Å². The van der Waals surface area contributed by atoms with Gasteiger partial charge in [0.25, 0.3) is 6.47 Å². The summed E-state index contributed by atoms with van der Waals surface area (Å²) in [5.74, 6) is -0.199. The highest BCUT2D eigenvalue weighted by Crippen LogP contribution is 2.24. The van der Waals surface area contributed by atoms with E-state index in [1.54, 1.807) is 23.5 Å². The number of hydrogen-bond acceptors (Lipinski definition) is 4. The van der Waals surface area contributed by atoms with Crippen molar-refractivity contribution < 1.29 is 14.3 Å². The number of anilines is 2. The zero-order valence-corrected chi connectivity index (χ0v) is 13.0. The number of hydrogen-bond donors (Lipinski definition) is 2. The maximum atomic E-state index is 13.1. The fraction of sp³-hybridized carbons (Fsp3) is 0.0588. The molecule has 118 valence electrons. The van der Waals surface area contributed by atoms with Crippen LogP contribution in [0.5, 0.6) is 0 Å². The van der Waals surface area contributed by atoms with E-state index in [1.807, 2.05) is 42.6 Å². The molecule has 0 bridgehead atoms. The van der Waals surface area contributed by atoms with Crippen LogP contribution in [0.15, 0.2) is 60.8 Å². The molecule has 0 atom stereocenters. The van der Waals surface area contributed by atoms with Gasteiger partial charge in [-0.2, -0.15) is 0 Å². The predicted octanol–water partition coefficient (Wildman–Crippen LogP) is 4.32. The van der Waals surface area contributed by atoms with Crippen LogP contribution in [0.1, 0.15) is 10.4 Å². The first-order valence-corrected chi connectivity index (χ1v) is 7.62. The lowest BCUT2D eigenvalue weighted by molar-refractivity contribution is -0.122. The third kappa shape index (κ3) is 5.52. The van der Waals surface area contributed by atoms with Gasteiger partial charge in [0.05, 0.1) is 0 Å². The first-order valence-electron chi connectivity index (χ1n) is 6.80. The zero-order valence-electron chi connectivity index (χ0n) is 12.1. The minimum absolute atomic E-state index is 0.199.